The summed E-state index contributed by atoms with van der Waals surface area (Å²) in [6.07, 6.45) is 2.44. The maximum atomic E-state index is 12.7. The summed E-state index contributed by atoms with van der Waals surface area (Å²) in [6, 6.07) is 9.58. The lowest BCUT2D eigenvalue weighted by Crippen LogP contribution is -2.36. The maximum absolute atomic E-state index is 12.7. The minimum Gasteiger partial charge on any atom is -0.384 e. The van der Waals surface area contributed by atoms with Gasteiger partial charge in [-0.3, -0.25) is 4.79 Å². The molecule has 1 aliphatic carbocycles. The Morgan fingerprint density at radius 2 is 2.10 bits per heavy atom. The van der Waals surface area contributed by atoms with Crippen LogP contribution in [0.1, 0.15) is 30.1 Å². The molecule has 0 radical (unpaired) electrons. The largest absolute Gasteiger partial charge is 0.384 e. The van der Waals surface area contributed by atoms with E-state index in [0.717, 1.165) is 10.9 Å². The van der Waals surface area contributed by atoms with Crippen molar-refractivity contribution in [1.82, 2.24) is 9.88 Å². The second kappa shape index (κ2) is 4.78. The molecule has 2 N–H and O–H groups in total. The van der Waals surface area contributed by atoms with Crippen LogP contribution in [0, 0.1) is 5.92 Å². The molecule has 1 atom stereocenters. The molecule has 1 aliphatic rings. The zero-order valence-electron chi connectivity index (χ0n) is 11.8. The minimum absolute atomic E-state index is 0.0229. The Morgan fingerprint density at radius 3 is 2.80 bits per heavy atom. The van der Waals surface area contributed by atoms with E-state index < -0.39 is 0 Å². The topological polar surface area (TPSA) is 59.2 Å². The van der Waals surface area contributed by atoms with Crippen LogP contribution in [0.25, 0.3) is 10.9 Å². The van der Waals surface area contributed by atoms with Gasteiger partial charge in [0.05, 0.1) is 11.1 Å². The van der Waals surface area contributed by atoms with Crippen molar-refractivity contribution in [2.45, 2.75) is 25.8 Å². The standard InChI is InChI=1S/C16H19N3O/c1-10(11-7-8-11)19(2)16(20)13-9-15(17)18-14-6-4-3-5-12(13)14/h3-6,9-11H,7-8H2,1-2H3,(H2,17,18). The van der Waals surface area contributed by atoms with Gasteiger partial charge in [0.25, 0.3) is 5.91 Å². The van der Waals surface area contributed by atoms with E-state index in [4.69, 9.17) is 5.73 Å². The third-order valence-corrected chi connectivity index (χ3v) is 4.20. The van der Waals surface area contributed by atoms with Crippen molar-refractivity contribution >= 4 is 22.6 Å². The summed E-state index contributed by atoms with van der Waals surface area (Å²) in [6.45, 7) is 2.11. The number of nitrogens with zero attached hydrogens (tertiary/aromatic N) is 2. The molecule has 0 spiro atoms. The molecule has 1 fully saturated rings. The lowest BCUT2D eigenvalue weighted by Gasteiger charge is -2.25. The normalized spacial score (nSPS) is 16.1. The van der Waals surface area contributed by atoms with E-state index in [1.807, 2.05) is 36.2 Å². The van der Waals surface area contributed by atoms with Crippen molar-refractivity contribution < 1.29 is 4.79 Å². The number of amides is 1. The van der Waals surface area contributed by atoms with Gasteiger partial charge in [-0.1, -0.05) is 18.2 Å². The molecule has 4 heteroatoms. The van der Waals surface area contributed by atoms with Crippen molar-refractivity contribution in [3.63, 3.8) is 0 Å². The predicted octanol–water partition coefficient (Wildman–Crippen LogP) is 2.69. The Bertz CT molecular complexity index is 664. The Labute approximate surface area is 118 Å². The highest BCUT2D eigenvalue weighted by atomic mass is 16.2. The summed E-state index contributed by atoms with van der Waals surface area (Å²) in [7, 11) is 1.87. The quantitative estimate of drug-likeness (QED) is 0.932. The number of fused-ring (bicyclic) bond motifs is 1. The van der Waals surface area contributed by atoms with Crippen LogP contribution in [-0.2, 0) is 0 Å². The number of nitrogens with two attached hydrogens (primary N) is 1. The number of carbonyl (C=O) groups excluding carboxylic acids is 1. The van der Waals surface area contributed by atoms with Gasteiger partial charge in [0.15, 0.2) is 0 Å². The van der Waals surface area contributed by atoms with Gasteiger partial charge in [-0.2, -0.15) is 0 Å². The highest BCUT2D eigenvalue weighted by Crippen LogP contribution is 2.35. The first kappa shape index (κ1) is 12.9. The SMILES string of the molecule is CC(C1CC1)N(C)C(=O)c1cc(N)nc2ccccc12. The molecule has 1 unspecified atom stereocenters. The number of pyridine rings is 1. The molecular formula is C16H19N3O. The summed E-state index contributed by atoms with van der Waals surface area (Å²) in [4.78, 5) is 18.8. The maximum Gasteiger partial charge on any atom is 0.254 e. The van der Waals surface area contributed by atoms with E-state index in [2.05, 4.69) is 11.9 Å². The zero-order chi connectivity index (χ0) is 14.3. The van der Waals surface area contributed by atoms with Gasteiger partial charge in [0.1, 0.15) is 5.82 Å². The van der Waals surface area contributed by atoms with Gasteiger partial charge < -0.3 is 10.6 Å². The second-order valence-electron chi connectivity index (χ2n) is 5.61. The van der Waals surface area contributed by atoms with Gasteiger partial charge in [-0.15, -0.1) is 0 Å². The zero-order valence-corrected chi connectivity index (χ0v) is 11.8. The molecule has 20 heavy (non-hydrogen) atoms. The average Bonchev–Trinajstić information content (AvgIpc) is 3.28. The van der Waals surface area contributed by atoms with Crippen LogP contribution in [0.15, 0.2) is 30.3 Å². The van der Waals surface area contributed by atoms with Gasteiger partial charge in [-0.05, 0) is 37.8 Å². The summed E-state index contributed by atoms with van der Waals surface area (Å²) in [5.41, 5.74) is 7.24. The first-order chi connectivity index (χ1) is 9.58. The second-order valence-corrected chi connectivity index (χ2v) is 5.61. The van der Waals surface area contributed by atoms with Gasteiger partial charge in [0, 0.05) is 18.5 Å². The van der Waals surface area contributed by atoms with Crippen molar-refractivity contribution in [2.75, 3.05) is 12.8 Å². The molecule has 1 aromatic heterocycles. The van der Waals surface area contributed by atoms with Crippen molar-refractivity contribution in [1.29, 1.82) is 0 Å². The number of para-hydroxylation sites is 1. The van der Waals surface area contributed by atoms with Crippen LogP contribution < -0.4 is 5.73 Å². The third kappa shape index (κ3) is 2.22. The van der Waals surface area contributed by atoms with Crippen molar-refractivity contribution in [3.8, 4) is 0 Å². The van der Waals surface area contributed by atoms with E-state index >= 15 is 0 Å². The minimum atomic E-state index is 0.0229. The van der Waals surface area contributed by atoms with Gasteiger partial charge in [-0.25, -0.2) is 4.98 Å². The number of anilines is 1. The van der Waals surface area contributed by atoms with Crippen molar-refractivity contribution in [2.24, 2.45) is 5.92 Å². The third-order valence-electron chi connectivity index (χ3n) is 4.20. The number of rotatable bonds is 3. The number of benzene rings is 1. The smallest absolute Gasteiger partial charge is 0.254 e. The fourth-order valence-corrected chi connectivity index (χ4v) is 2.64. The molecule has 1 heterocycles. The van der Waals surface area contributed by atoms with Crippen LogP contribution in [0.3, 0.4) is 0 Å². The number of hydrogen-bond donors (Lipinski definition) is 1. The summed E-state index contributed by atoms with van der Waals surface area (Å²) in [5.74, 6) is 1.06. The van der Waals surface area contributed by atoms with Gasteiger partial charge in [0.2, 0.25) is 0 Å². The van der Waals surface area contributed by atoms with E-state index in [0.29, 0.717) is 17.3 Å². The number of carbonyl (C=O) groups is 1. The Kier molecular flexibility index (Phi) is 3.08. The Morgan fingerprint density at radius 1 is 1.40 bits per heavy atom. The van der Waals surface area contributed by atoms with Crippen LogP contribution >= 0.6 is 0 Å². The predicted molar refractivity (Wildman–Crippen MR) is 80.4 cm³/mol. The summed E-state index contributed by atoms with van der Waals surface area (Å²) >= 11 is 0. The molecule has 0 saturated heterocycles. The molecule has 104 valence electrons. The van der Waals surface area contributed by atoms with Crippen molar-refractivity contribution in [3.05, 3.63) is 35.9 Å². The molecule has 2 aromatic rings. The number of aromatic nitrogens is 1. The molecule has 1 amide bonds. The monoisotopic (exact) mass is 269 g/mol. The Hall–Kier alpha value is -2.10. The fourth-order valence-electron chi connectivity index (χ4n) is 2.64. The highest BCUT2D eigenvalue weighted by molar-refractivity contribution is 6.06. The average molecular weight is 269 g/mol. The van der Waals surface area contributed by atoms with E-state index in [1.54, 1.807) is 6.07 Å². The first-order valence-corrected chi connectivity index (χ1v) is 7.00. The highest BCUT2D eigenvalue weighted by Gasteiger charge is 2.33. The van der Waals surface area contributed by atoms with Crippen LogP contribution in [0.5, 0.6) is 0 Å². The van der Waals surface area contributed by atoms with Crippen LogP contribution in [0.4, 0.5) is 5.82 Å². The summed E-state index contributed by atoms with van der Waals surface area (Å²) in [5, 5.41) is 0.863. The van der Waals surface area contributed by atoms with E-state index in [-0.39, 0.29) is 11.9 Å². The number of nitrogen functional groups attached to an aromatic ring is 1. The van der Waals surface area contributed by atoms with Crippen LogP contribution in [0.2, 0.25) is 0 Å². The molecule has 3 rings (SSSR count). The molecule has 0 aliphatic heterocycles. The molecule has 1 saturated carbocycles. The molecule has 0 bridgehead atoms. The lowest BCUT2D eigenvalue weighted by molar-refractivity contribution is 0.0729. The number of hydrogen-bond acceptors (Lipinski definition) is 3. The molecule has 4 nitrogen and oxygen atoms in total. The molecule has 1 aromatic carbocycles. The van der Waals surface area contributed by atoms with Crippen LogP contribution in [-0.4, -0.2) is 28.9 Å². The first-order valence-electron chi connectivity index (χ1n) is 7.00. The van der Waals surface area contributed by atoms with E-state index in [1.165, 1.54) is 12.8 Å². The lowest BCUT2D eigenvalue weighted by atomic mass is 10.1. The van der Waals surface area contributed by atoms with E-state index in [9.17, 15) is 4.79 Å². The summed E-state index contributed by atoms with van der Waals surface area (Å²) < 4.78 is 0. The molecular weight excluding hydrogens is 250 g/mol. The fraction of sp³-hybridized carbons (Fsp3) is 0.375. The Balaban J connectivity index is 2.02. The van der Waals surface area contributed by atoms with Gasteiger partial charge >= 0.3 is 0 Å².